The lowest BCUT2D eigenvalue weighted by Gasteiger charge is -2.26. The van der Waals surface area contributed by atoms with Crippen LogP contribution in [-0.4, -0.2) is 13.1 Å². The largest absolute Gasteiger partial charge is 0.316 e. The van der Waals surface area contributed by atoms with Crippen LogP contribution in [-0.2, 0) is 6.42 Å². The van der Waals surface area contributed by atoms with Gasteiger partial charge >= 0.3 is 0 Å². The molecule has 1 aliphatic carbocycles. The van der Waals surface area contributed by atoms with Crippen LogP contribution < -0.4 is 5.32 Å². The molecule has 0 atom stereocenters. The number of rotatable bonds is 7. The molecule has 106 valence electrons. The molecular formula is C18H29N. The van der Waals surface area contributed by atoms with Crippen molar-refractivity contribution in [2.45, 2.75) is 51.9 Å². The minimum atomic E-state index is 0.949. The first-order valence-corrected chi connectivity index (χ1v) is 8.09. The molecule has 1 aromatic carbocycles. The zero-order chi connectivity index (χ0) is 13.3. The molecule has 0 aliphatic heterocycles. The van der Waals surface area contributed by atoms with E-state index in [1.807, 2.05) is 0 Å². The molecule has 1 N–H and O–H groups in total. The van der Waals surface area contributed by atoms with Crippen molar-refractivity contribution in [2.24, 2.45) is 11.8 Å². The zero-order valence-electron chi connectivity index (χ0n) is 12.4. The SMILES string of the molecule is CC1CCC(CNCCCCc2ccccc2)CC1. The Morgan fingerprint density at radius 3 is 2.47 bits per heavy atom. The number of unbranched alkanes of at least 4 members (excludes halogenated alkanes) is 1. The first-order chi connectivity index (χ1) is 9.34. The number of aryl methyl sites for hydroxylation is 1. The third kappa shape index (κ3) is 5.78. The molecule has 0 unspecified atom stereocenters. The molecule has 1 aliphatic rings. The normalized spacial score (nSPS) is 23.4. The van der Waals surface area contributed by atoms with Gasteiger partial charge in [-0.1, -0.05) is 50.1 Å². The van der Waals surface area contributed by atoms with E-state index >= 15 is 0 Å². The first-order valence-electron chi connectivity index (χ1n) is 8.09. The summed E-state index contributed by atoms with van der Waals surface area (Å²) in [6, 6.07) is 10.8. The summed E-state index contributed by atoms with van der Waals surface area (Å²) in [6.45, 7) is 4.84. The van der Waals surface area contributed by atoms with Gasteiger partial charge in [0.2, 0.25) is 0 Å². The van der Waals surface area contributed by atoms with Gasteiger partial charge in [-0.3, -0.25) is 0 Å². The highest BCUT2D eigenvalue weighted by molar-refractivity contribution is 5.14. The van der Waals surface area contributed by atoms with Gasteiger partial charge in [0.1, 0.15) is 0 Å². The molecule has 1 nitrogen and oxygen atoms in total. The fraction of sp³-hybridized carbons (Fsp3) is 0.667. The quantitative estimate of drug-likeness (QED) is 0.715. The molecule has 1 heteroatoms. The molecule has 0 amide bonds. The Balaban J connectivity index is 1.46. The summed E-state index contributed by atoms with van der Waals surface area (Å²) in [4.78, 5) is 0. The molecule has 2 rings (SSSR count). The molecular weight excluding hydrogens is 230 g/mol. The van der Waals surface area contributed by atoms with Gasteiger partial charge in [0.05, 0.1) is 0 Å². The van der Waals surface area contributed by atoms with E-state index < -0.39 is 0 Å². The van der Waals surface area contributed by atoms with Gasteiger partial charge in [-0.25, -0.2) is 0 Å². The smallest absolute Gasteiger partial charge is 0.00205 e. The van der Waals surface area contributed by atoms with Crippen LogP contribution in [0.1, 0.15) is 51.0 Å². The summed E-state index contributed by atoms with van der Waals surface area (Å²) in [6.07, 6.45) is 9.61. The minimum absolute atomic E-state index is 0.949. The Labute approximate surface area is 118 Å². The monoisotopic (exact) mass is 259 g/mol. The summed E-state index contributed by atoms with van der Waals surface area (Å²) < 4.78 is 0. The molecule has 0 bridgehead atoms. The molecule has 19 heavy (non-hydrogen) atoms. The fourth-order valence-corrected chi connectivity index (χ4v) is 3.06. The second-order valence-corrected chi connectivity index (χ2v) is 6.27. The zero-order valence-corrected chi connectivity index (χ0v) is 12.4. The van der Waals surface area contributed by atoms with E-state index in [4.69, 9.17) is 0 Å². The van der Waals surface area contributed by atoms with E-state index in [9.17, 15) is 0 Å². The maximum absolute atomic E-state index is 3.66. The van der Waals surface area contributed by atoms with Crippen LogP contribution in [0.4, 0.5) is 0 Å². The third-order valence-corrected chi connectivity index (χ3v) is 4.48. The predicted molar refractivity (Wildman–Crippen MR) is 83.4 cm³/mol. The van der Waals surface area contributed by atoms with Gasteiger partial charge in [0.15, 0.2) is 0 Å². The van der Waals surface area contributed by atoms with Crippen LogP contribution in [0, 0.1) is 11.8 Å². The molecule has 1 fully saturated rings. The van der Waals surface area contributed by atoms with Crippen LogP contribution >= 0.6 is 0 Å². The number of hydrogen-bond donors (Lipinski definition) is 1. The maximum atomic E-state index is 3.66. The fourth-order valence-electron chi connectivity index (χ4n) is 3.06. The Hall–Kier alpha value is -0.820. The minimum Gasteiger partial charge on any atom is -0.316 e. The first kappa shape index (κ1) is 14.6. The van der Waals surface area contributed by atoms with Crippen LogP contribution in [0.5, 0.6) is 0 Å². The molecule has 0 aromatic heterocycles. The number of benzene rings is 1. The Kier molecular flexibility index (Phi) is 6.43. The van der Waals surface area contributed by atoms with Gasteiger partial charge in [0, 0.05) is 0 Å². The van der Waals surface area contributed by atoms with E-state index in [1.54, 1.807) is 0 Å². The van der Waals surface area contributed by atoms with E-state index in [0.717, 1.165) is 11.8 Å². The second kappa shape index (κ2) is 8.37. The lowest BCUT2D eigenvalue weighted by Crippen LogP contribution is -2.26. The van der Waals surface area contributed by atoms with Gasteiger partial charge in [-0.2, -0.15) is 0 Å². The Morgan fingerprint density at radius 1 is 1.00 bits per heavy atom. The average Bonchev–Trinajstić information content (AvgIpc) is 2.46. The Bertz CT molecular complexity index is 325. The molecule has 0 heterocycles. The number of hydrogen-bond acceptors (Lipinski definition) is 1. The third-order valence-electron chi connectivity index (χ3n) is 4.48. The summed E-state index contributed by atoms with van der Waals surface area (Å²) in [7, 11) is 0. The van der Waals surface area contributed by atoms with E-state index in [-0.39, 0.29) is 0 Å². The standard InChI is InChI=1S/C18H29N/c1-16-10-12-18(13-11-16)15-19-14-6-5-9-17-7-3-2-4-8-17/h2-4,7-8,16,18-19H,5-6,9-15H2,1H3. The van der Waals surface area contributed by atoms with Gasteiger partial charge in [-0.05, 0) is 62.6 Å². The van der Waals surface area contributed by atoms with Crippen LogP contribution in [0.25, 0.3) is 0 Å². The highest BCUT2D eigenvalue weighted by Crippen LogP contribution is 2.27. The topological polar surface area (TPSA) is 12.0 Å². The summed E-state index contributed by atoms with van der Waals surface area (Å²) in [5.41, 5.74) is 1.48. The van der Waals surface area contributed by atoms with Crippen molar-refractivity contribution in [1.29, 1.82) is 0 Å². The van der Waals surface area contributed by atoms with Crippen molar-refractivity contribution in [1.82, 2.24) is 5.32 Å². The van der Waals surface area contributed by atoms with Crippen LogP contribution in [0.2, 0.25) is 0 Å². The van der Waals surface area contributed by atoms with E-state index in [1.165, 1.54) is 63.6 Å². The summed E-state index contributed by atoms with van der Waals surface area (Å²) in [5, 5.41) is 3.66. The second-order valence-electron chi connectivity index (χ2n) is 6.27. The number of nitrogens with one attached hydrogen (secondary N) is 1. The van der Waals surface area contributed by atoms with Crippen molar-refractivity contribution < 1.29 is 0 Å². The van der Waals surface area contributed by atoms with Crippen molar-refractivity contribution in [3.8, 4) is 0 Å². The van der Waals surface area contributed by atoms with E-state index in [0.29, 0.717) is 0 Å². The van der Waals surface area contributed by atoms with E-state index in [2.05, 4.69) is 42.6 Å². The lowest BCUT2D eigenvalue weighted by atomic mass is 9.83. The Morgan fingerprint density at radius 2 is 1.74 bits per heavy atom. The molecule has 1 saturated carbocycles. The van der Waals surface area contributed by atoms with Crippen LogP contribution in [0.15, 0.2) is 30.3 Å². The predicted octanol–water partition coefficient (Wildman–Crippen LogP) is 4.43. The van der Waals surface area contributed by atoms with Crippen LogP contribution in [0.3, 0.4) is 0 Å². The average molecular weight is 259 g/mol. The highest BCUT2D eigenvalue weighted by atomic mass is 14.9. The molecule has 1 aromatic rings. The maximum Gasteiger partial charge on any atom is -0.00205 e. The molecule has 0 spiro atoms. The summed E-state index contributed by atoms with van der Waals surface area (Å²) in [5.74, 6) is 1.92. The van der Waals surface area contributed by atoms with Gasteiger partial charge in [0.25, 0.3) is 0 Å². The van der Waals surface area contributed by atoms with Crippen molar-refractivity contribution in [3.63, 3.8) is 0 Å². The van der Waals surface area contributed by atoms with Crippen molar-refractivity contribution >= 4 is 0 Å². The summed E-state index contributed by atoms with van der Waals surface area (Å²) >= 11 is 0. The van der Waals surface area contributed by atoms with Crippen molar-refractivity contribution in [2.75, 3.05) is 13.1 Å². The van der Waals surface area contributed by atoms with Gasteiger partial charge < -0.3 is 5.32 Å². The lowest BCUT2D eigenvalue weighted by molar-refractivity contribution is 0.281. The molecule has 0 saturated heterocycles. The molecule has 0 radical (unpaired) electrons. The van der Waals surface area contributed by atoms with Gasteiger partial charge in [-0.15, -0.1) is 0 Å². The van der Waals surface area contributed by atoms with Crippen molar-refractivity contribution in [3.05, 3.63) is 35.9 Å². The highest BCUT2D eigenvalue weighted by Gasteiger charge is 2.17.